The molecule has 2 aliphatic rings. The zero-order valence-corrected chi connectivity index (χ0v) is 15.2. The fourth-order valence-electron chi connectivity index (χ4n) is 3.90. The molecule has 2 atom stereocenters. The normalized spacial score (nSPS) is 23.5. The highest BCUT2D eigenvalue weighted by Crippen LogP contribution is 2.27. The Morgan fingerprint density at radius 1 is 1.24 bits per heavy atom. The summed E-state index contributed by atoms with van der Waals surface area (Å²) in [6, 6.07) is 9.76. The average molecular weight is 344 g/mol. The number of imide groups is 1. The second-order valence-electron chi connectivity index (χ2n) is 7.51. The van der Waals surface area contributed by atoms with Crippen LogP contribution >= 0.6 is 0 Å². The number of piperidine rings is 1. The van der Waals surface area contributed by atoms with Gasteiger partial charge < -0.3 is 9.64 Å². The lowest BCUT2D eigenvalue weighted by atomic mass is 9.87. The van der Waals surface area contributed by atoms with Gasteiger partial charge in [-0.3, -0.25) is 4.79 Å². The van der Waals surface area contributed by atoms with Crippen LogP contribution in [0.4, 0.5) is 4.79 Å². The first-order valence-electron chi connectivity index (χ1n) is 9.27. The fraction of sp³-hybridized carbons (Fsp3) is 0.600. The van der Waals surface area contributed by atoms with Gasteiger partial charge in [0.15, 0.2) is 0 Å². The van der Waals surface area contributed by atoms with Gasteiger partial charge in [-0.1, -0.05) is 37.3 Å². The smallest absolute Gasteiger partial charge is 0.416 e. The van der Waals surface area contributed by atoms with E-state index in [1.807, 2.05) is 37.3 Å². The van der Waals surface area contributed by atoms with Crippen molar-refractivity contribution >= 4 is 12.0 Å². The van der Waals surface area contributed by atoms with E-state index in [4.69, 9.17) is 4.74 Å². The van der Waals surface area contributed by atoms with E-state index in [1.165, 1.54) is 4.90 Å². The molecule has 25 heavy (non-hydrogen) atoms. The van der Waals surface area contributed by atoms with E-state index < -0.39 is 6.09 Å². The Bertz CT molecular complexity index is 596. The number of carbonyl (C=O) groups excluding carboxylic acids is 2. The molecule has 2 fully saturated rings. The molecule has 2 saturated heterocycles. The second-order valence-corrected chi connectivity index (χ2v) is 7.51. The lowest BCUT2D eigenvalue weighted by molar-refractivity contribution is -0.133. The molecule has 2 aliphatic heterocycles. The van der Waals surface area contributed by atoms with Gasteiger partial charge in [-0.15, -0.1) is 0 Å². The van der Waals surface area contributed by atoms with Crippen LogP contribution < -0.4 is 0 Å². The zero-order valence-electron chi connectivity index (χ0n) is 15.2. The van der Waals surface area contributed by atoms with Crippen molar-refractivity contribution in [1.82, 2.24) is 9.80 Å². The summed E-state index contributed by atoms with van der Waals surface area (Å²) in [5.41, 5.74) is 1.12. The van der Waals surface area contributed by atoms with Crippen molar-refractivity contribution in [2.75, 3.05) is 26.7 Å². The highest BCUT2D eigenvalue weighted by atomic mass is 16.6. The molecule has 2 unspecified atom stereocenters. The Hall–Kier alpha value is -1.88. The van der Waals surface area contributed by atoms with Crippen LogP contribution in [0.3, 0.4) is 0 Å². The maximum Gasteiger partial charge on any atom is 0.416 e. The van der Waals surface area contributed by atoms with Crippen molar-refractivity contribution < 1.29 is 14.3 Å². The number of ether oxygens (including phenoxy) is 1. The van der Waals surface area contributed by atoms with Gasteiger partial charge in [0.25, 0.3) is 0 Å². The van der Waals surface area contributed by atoms with E-state index in [0.717, 1.165) is 37.9 Å². The molecular formula is C20H28N2O3. The largest absolute Gasteiger partial charge is 0.447 e. The standard InChI is InChI=1S/C20H28N2O3/c1-15(12-17-8-10-21(2)11-9-17)19(23)22-18(14-25-20(22)24)13-16-6-4-3-5-7-16/h3-7,15,17-18H,8-14H2,1-2H3. The maximum absolute atomic E-state index is 12.9. The van der Waals surface area contributed by atoms with Crippen molar-refractivity contribution in [2.24, 2.45) is 11.8 Å². The van der Waals surface area contributed by atoms with Crippen LogP contribution in [0.1, 0.15) is 31.7 Å². The third-order valence-corrected chi connectivity index (χ3v) is 5.46. The number of hydrogen-bond acceptors (Lipinski definition) is 4. The predicted octanol–water partition coefficient (Wildman–Crippen LogP) is 2.94. The minimum Gasteiger partial charge on any atom is -0.447 e. The second kappa shape index (κ2) is 8.00. The Labute approximate surface area is 149 Å². The molecule has 2 heterocycles. The molecule has 136 valence electrons. The maximum atomic E-state index is 12.9. The summed E-state index contributed by atoms with van der Waals surface area (Å²) in [7, 11) is 2.14. The van der Waals surface area contributed by atoms with E-state index in [2.05, 4.69) is 11.9 Å². The van der Waals surface area contributed by atoms with Gasteiger partial charge in [0.2, 0.25) is 5.91 Å². The quantitative estimate of drug-likeness (QED) is 0.824. The molecule has 0 spiro atoms. The van der Waals surface area contributed by atoms with Crippen LogP contribution in [-0.2, 0) is 16.0 Å². The minimum absolute atomic E-state index is 0.0811. The van der Waals surface area contributed by atoms with Gasteiger partial charge in [-0.25, -0.2) is 9.69 Å². The van der Waals surface area contributed by atoms with Gasteiger partial charge in [-0.05, 0) is 57.3 Å². The van der Waals surface area contributed by atoms with Crippen molar-refractivity contribution in [1.29, 1.82) is 0 Å². The van der Waals surface area contributed by atoms with Crippen molar-refractivity contribution in [2.45, 2.75) is 38.6 Å². The third kappa shape index (κ3) is 4.40. The molecule has 0 bridgehead atoms. The summed E-state index contributed by atoms with van der Waals surface area (Å²) in [5, 5.41) is 0. The number of cyclic esters (lactones) is 1. The number of nitrogens with zero attached hydrogens (tertiary/aromatic N) is 2. The van der Waals surface area contributed by atoms with Crippen LogP contribution in [0.15, 0.2) is 30.3 Å². The third-order valence-electron chi connectivity index (χ3n) is 5.46. The van der Waals surface area contributed by atoms with Gasteiger partial charge >= 0.3 is 6.09 Å². The number of likely N-dealkylation sites (tertiary alicyclic amines) is 1. The molecule has 0 N–H and O–H groups in total. The molecule has 0 aromatic heterocycles. The number of benzene rings is 1. The van der Waals surface area contributed by atoms with E-state index in [0.29, 0.717) is 18.9 Å². The van der Waals surface area contributed by atoms with Crippen molar-refractivity contribution in [3.63, 3.8) is 0 Å². The zero-order chi connectivity index (χ0) is 17.8. The Morgan fingerprint density at radius 3 is 2.60 bits per heavy atom. The molecule has 2 amide bonds. The van der Waals surface area contributed by atoms with E-state index in [9.17, 15) is 9.59 Å². The molecule has 5 heteroatoms. The summed E-state index contributed by atoms with van der Waals surface area (Å²) in [6.45, 7) is 4.42. The molecule has 0 aliphatic carbocycles. The van der Waals surface area contributed by atoms with Crippen molar-refractivity contribution in [3.8, 4) is 0 Å². The minimum atomic E-state index is -0.485. The lowest BCUT2D eigenvalue weighted by Crippen LogP contribution is -2.43. The van der Waals surface area contributed by atoms with E-state index in [1.54, 1.807) is 0 Å². The highest BCUT2D eigenvalue weighted by Gasteiger charge is 2.40. The first-order valence-corrected chi connectivity index (χ1v) is 9.27. The molecule has 0 radical (unpaired) electrons. The molecule has 1 aromatic carbocycles. The summed E-state index contributed by atoms with van der Waals surface area (Å²) in [6.07, 6.45) is 3.28. The van der Waals surface area contributed by atoms with Crippen LogP contribution in [0, 0.1) is 11.8 Å². The average Bonchev–Trinajstić information content (AvgIpc) is 2.97. The Morgan fingerprint density at radius 2 is 1.92 bits per heavy atom. The number of amides is 2. The van der Waals surface area contributed by atoms with Crippen LogP contribution in [-0.4, -0.2) is 54.6 Å². The van der Waals surface area contributed by atoms with Crippen LogP contribution in [0.5, 0.6) is 0 Å². The Balaban J connectivity index is 1.61. The van der Waals surface area contributed by atoms with E-state index in [-0.39, 0.29) is 17.9 Å². The topological polar surface area (TPSA) is 49.9 Å². The lowest BCUT2D eigenvalue weighted by Gasteiger charge is -2.31. The molecular weight excluding hydrogens is 316 g/mol. The molecule has 5 nitrogen and oxygen atoms in total. The summed E-state index contributed by atoms with van der Waals surface area (Å²) in [5.74, 6) is 0.348. The van der Waals surface area contributed by atoms with Gasteiger partial charge in [0, 0.05) is 5.92 Å². The predicted molar refractivity (Wildman–Crippen MR) is 96.1 cm³/mol. The van der Waals surface area contributed by atoms with Gasteiger partial charge in [0.1, 0.15) is 6.61 Å². The number of hydrogen-bond donors (Lipinski definition) is 0. The van der Waals surface area contributed by atoms with Crippen LogP contribution in [0.25, 0.3) is 0 Å². The number of carbonyl (C=O) groups is 2. The molecule has 3 rings (SSSR count). The van der Waals surface area contributed by atoms with Crippen LogP contribution in [0.2, 0.25) is 0 Å². The molecule has 0 saturated carbocycles. The summed E-state index contributed by atoms with van der Waals surface area (Å²) >= 11 is 0. The van der Waals surface area contributed by atoms with E-state index >= 15 is 0 Å². The summed E-state index contributed by atoms with van der Waals surface area (Å²) < 4.78 is 5.19. The first kappa shape index (κ1) is 17.9. The Kier molecular flexibility index (Phi) is 5.74. The van der Waals surface area contributed by atoms with Gasteiger partial charge in [0.05, 0.1) is 6.04 Å². The van der Waals surface area contributed by atoms with Gasteiger partial charge in [-0.2, -0.15) is 0 Å². The van der Waals surface area contributed by atoms with Crippen molar-refractivity contribution in [3.05, 3.63) is 35.9 Å². The first-order chi connectivity index (χ1) is 12.0. The fourth-order valence-corrected chi connectivity index (χ4v) is 3.90. The monoisotopic (exact) mass is 344 g/mol. The summed E-state index contributed by atoms with van der Waals surface area (Å²) in [4.78, 5) is 28.7. The number of rotatable bonds is 5. The molecule has 1 aromatic rings. The highest BCUT2D eigenvalue weighted by molar-refractivity contribution is 5.94. The SMILES string of the molecule is CC(CC1CCN(C)CC1)C(=O)N1C(=O)OCC1Cc1ccccc1.